The lowest BCUT2D eigenvalue weighted by atomic mass is 10.1. The third kappa shape index (κ3) is 3.31. The van der Waals surface area contributed by atoms with Gasteiger partial charge in [0.05, 0.1) is 0 Å². The molecule has 94 valence electrons. The van der Waals surface area contributed by atoms with Gasteiger partial charge in [0.1, 0.15) is 0 Å². The lowest BCUT2D eigenvalue weighted by molar-refractivity contribution is -0.114. The Hall–Kier alpha value is -2.36. The van der Waals surface area contributed by atoms with Crippen LogP contribution in [-0.2, 0) is 4.79 Å². The topological polar surface area (TPSA) is 65.8 Å². The predicted molar refractivity (Wildman–Crippen MR) is 77.6 cm³/mol. The summed E-state index contributed by atoms with van der Waals surface area (Å²) in [6.45, 7) is 1.64. The number of amides is 1. The number of hydrogen-bond acceptors (Lipinski definition) is 2. The van der Waals surface area contributed by atoms with Gasteiger partial charge >= 0.3 is 0 Å². The first kappa shape index (κ1) is 13.1. The molecule has 0 spiro atoms. The molecule has 0 aliphatic carbocycles. The molecule has 1 aromatic carbocycles. The number of rotatable bonds is 3. The number of hydrogen-bond donors (Lipinski definition) is 0. The normalized spacial score (nSPS) is 10.9. The van der Waals surface area contributed by atoms with Gasteiger partial charge in [-0.25, -0.2) is 0 Å². The second-order valence-corrected chi connectivity index (χ2v) is 4.87. The molecule has 0 aliphatic rings. The largest absolute Gasteiger partial charge is 0.287 e. The Morgan fingerprint density at radius 2 is 2.05 bits per heavy atom. The fourth-order valence-corrected chi connectivity index (χ4v) is 2.51. The van der Waals surface area contributed by atoms with Gasteiger partial charge in [-0.1, -0.05) is 30.3 Å². The fraction of sp³-hybridized carbons (Fsp3) is 0.0714. The maximum Gasteiger partial charge on any atom is 0.244 e. The van der Waals surface area contributed by atoms with Crippen molar-refractivity contribution >= 4 is 23.3 Å². The Bertz CT molecular complexity index is 667. The summed E-state index contributed by atoms with van der Waals surface area (Å²) in [5.41, 5.74) is 10.9. The van der Waals surface area contributed by atoms with Gasteiger partial charge in [-0.05, 0) is 46.2 Å². The molecule has 0 fully saturated rings. The average molecular weight is 269 g/mol. The van der Waals surface area contributed by atoms with Crippen LogP contribution in [0.15, 0.2) is 52.5 Å². The van der Waals surface area contributed by atoms with Crippen LogP contribution in [0.25, 0.3) is 27.6 Å². The monoisotopic (exact) mass is 269 g/mol. The molecule has 0 radical (unpaired) electrons. The summed E-state index contributed by atoms with van der Waals surface area (Å²) in [5.74, 6) is -0.544. The summed E-state index contributed by atoms with van der Waals surface area (Å²) >= 11 is 1.54. The van der Waals surface area contributed by atoms with E-state index < -0.39 is 5.91 Å². The zero-order valence-corrected chi connectivity index (χ0v) is 11.1. The molecule has 2 rings (SSSR count). The number of nitrogens with zero attached hydrogens (tertiary/aromatic N) is 3. The van der Waals surface area contributed by atoms with E-state index in [-0.39, 0.29) is 0 Å². The van der Waals surface area contributed by atoms with Gasteiger partial charge in [0.25, 0.3) is 0 Å². The molecule has 0 saturated carbocycles. The number of azide groups is 1. The summed E-state index contributed by atoms with van der Waals surface area (Å²) in [6, 6.07) is 12.0. The van der Waals surface area contributed by atoms with Gasteiger partial charge in [-0.15, -0.1) is 11.3 Å². The number of thiophene rings is 1. The SMILES string of the molecule is CC(=Cc1cc(-c2ccccc2)cs1)C(=O)N=[N+]=[N-]. The third-order valence-electron chi connectivity index (χ3n) is 2.56. The lowest BCUT2D eigenvalue weighted by Crippen LogP contribution is -1.91. The van der Waals surface area contributed by atoms with Gasteiger partial charge in [0, 0.05) is 15.4 Å². The van der Waals surface area contributed by atoms with E-state index >= 15 is 0 Å². The minimum absolute atomic E-state index is 0.430. The van der Waals surface area contributed by atoms with Gasteiger partial charge in [-0.3, -0.25) is 4.79 Å². The van der Waals surface area contributed by atoms with Crippen LogP contribution < -0.4 is 0 Å². The number of carbonyl (C=O) groups excluding carboxylic acids is 1. The van der Waals surface area contributed by atoms with Gasteiger partial charge in [0.2, 0.25) is 5.91 Å². The van der Waals surface area contributed by atoms with Gasteiger partial charge in [-0.2, -0.15) is 0 Å². The molecular weight excluding hydrogens is 258 g/mol. The molecule has 0 unspecified atom stereocenters. The molecule has 0 aliphatic heterocycles. The van der Waals surface area contributed by atoms with Crippen molar-refractivity contribution in [2.75, 3.05) is 0 Å². The Kier molecular flexibility index (Phi) is 4.13. The second-order valence-electron chi connectivity index (χ2n) is 3.93. The molecule has 0 saturated heterocycles. The van der Waals surface area contributed by atoms with E-state index in [1.807, 2.05) is 41.8 Å². The first-order chi connectivity index (χ1) is 9.20. The van der Waals surface area contributed by atoms with Crippen molar-refractivity contribution in [3.8, 4) is 11.1 Å². The van der Waals surface area contributed by atoms with Crippen LogP contribution in [0.4, 0.5) is 0 Å². The molecule has 2 aromatic rings. The molecule has 0 atom stereocenters. The van der Waals surface area contributed by atoms with Crippen LogP contribution >= 0.6 is 11.3 Å². The third-order valence-corrected chi connectivity index (χ3v) is 3.44. The molecule has 0 N–H and O–H groups in total. The quantitative estimate of drug-likeness (QED) is 0.346. The van der Waals surface area contributed by atoms with E-state index in [9.17, 15) is 4.79 Å². The highest BCUT2D eigenvalue weighted by molar-refractivity contribution is 7.11. The van der Waals surface area contributed by atoms with Crippen LogP contribution in [0, 0.1) is 0 Å². The Balaban J connectivity index is 2.25. The minimum atomic E-state index is -0.544. The van der Waals surface area contributed by atoms with E-state index in [1.165, 1.54) is 0 Å². The molecule has 1 heterocycles. The van der Waals surface area contributed by atoms with E-state index in [0.29, 0.717) is 5.57 Å². The molecule has 5 heteroatoms. The van der Waals surface area contributed by atoms with Crippen molar-refractivity contribution in [2.24, 2.45) is 5.11 Å². The maximum atomic E-state index is 11.3. The summed E-state index contributed by atoms with van der Waals surface area (Å²) in [5, 5.41) is 5.10. The zero-order valence-electron chi connectivity index (χ0n) is 10.3. The Labute approximate surface area is 114 Å². The Morgan fingerprint density at radius 1 is 1.32 bits per heavy atom. The van der Waals surface area contributed by atoms with Crippen molar-refractivity contribution < 1.29 is 4.79 Å². The van der Waals surface area contributed by atoms with Gasteiger partial charge < -0.3 is 0 Å². The highest BCUT2D eigenvalue weighted by Crippen LogP contribution is 2.26. The fourth-order valence-electron chi connectivity index (χ4n) is 1.61. The predicted octanol–water partition coefficient (Wildman–Crippen LogP) is 4.66. The molecule has 1 aromatic heterocycles. The van der Waals surface area contributed by atoms with E-state index in [0.717, 1.165) is 16.0 Å². The number of carbonyl (C=O) groups is 1. The first-order valence-electron chi connectivity index (χ1n) is 5.62. The van der Waals surface area contributed by atoms with E-state index in [4.69, 9.17) is 5.53 Å². The minimum Gasteiger partial charge on any atom is -0.287 e. The summed E-state index contributed by atoms with van der Waals surface area (Å²) in [6.07, 6.45) is 1.73. The molecule has 1 amide bonds. The Morgan fingerprint density at radius 3 is 2.74 bits per heavy atom. The van der Waals surface area contributed by atoms with Crippen LogP contribution in [0.2, 0.25) is 0 Å². The van der Waals surface area contributed by atoms with Gasteiger partial charge in [0.15, 0.2) is 0 Å². The molecule has 19 heavy (non-hydrogen) atoms. The van der Waals surface area contributed by atoms with Crippen LogP contribution in [0.5, 0.6) is 0 Å². The highest BCUT2D eigenvalue weighted by atomic mass is 32.1. The summed E-state index contributed by atoms with van der Waals surface area (Å²) in [7, 11) is 0. The molecule has 4 nitrogen and oxygen atoms in total. The van der Waals surface area contributed by atoms with Crippen LogP contribution in [0.3, 0.4) is 0 Å². The van der Waals surface area contributed by atoms with E-state index in [1.54, 1.807) is 24.3 Å². The first-order valence-corrected chi connectivity index (χ1v) is 6.50. The average Bonchev–Trinajstić information content (AvgIpc) is 2.88. The lowest BCUT2D eigenvalue weighted by Gasteiger charge is -1.95. The van der Waals surface area contributed by atoms with Crippen LogP contribution in [-0.4, -0.2) is 5.91 Å². The summed E-state index contributed by atoms with van der Waals surface area (Å²) in [4.78, 5) is 14.8. The smallest absolute Gasteiger partial charge is 0.244 e. The number of benzene rings is 1. The molecule has 0 bridgehead atoms. The summed E-state index contributed by atoms with van der Waals surface area (Å²) < 4.78 is 0. The van der Waals surface area contributed by atoms with Crippen molar-refractivity contribution in [1.29, 1.82) is 0 Å². The van der Waals surface area contributed by atoms with Crippen molar-refractivity contribution in [3.63, 3.8) is 0 Å². The molecular formula is C14H11N3OS. The van der Waals surface area contributed by atoms with Crippen LogP contribution in [0.1, 0.15) is 11.8 Å². The van der Waals surface area contributed by atoms with E-state index in [2.05, 4.69) is 10.0 Å². The van der Waals surface area contributed by atoms with Crippen molar-refractivity contribution in [2.45, 2.75) is 6.92 Å². The highest BCUT2D eigenvalue weighted by Gasteiger charge is 2.04. The van der Waals surface area contributed by atoms with Crippen molar-refractivity contribution in [1.82, 2.24) is 0 Å². The zero-order chi connectivity index (χ0) is 13.7. The second kappa shape index (κ2) is 6.00. The standard InChI is InChI=1S/C14H11N3OS/c1-10(14(18)16-17-15)7-13-8-12(9-19-13)11-5-3-2-4-6-11/h2-9H,1H3. The van der Waals surface area contributed by atoms with Crippen molar-refractivity contribution in [3.05, 3.63) is 62.7 Å². The maximum absolute atomic E-state index is 11.3.